The quantitative estimate of drug-likeness (QED) is 0.406. The van der Waals surface area contributed by atoms with Gasteiger partial charge in [0, 0.05) is 12.6 Å². The zero-order valence-corrected chi connectivity index (χ0v) is 14.3. The largest absolute Gasteiger partial charge is 0.312 e. The molecule has 25 heavy (non-hydrogen) atoms. The van der Waals surface area contributed by atoms with Crippen LogP contribution in [-0.4, -0.2) is 15.4 Å². The zero-order chi connectivity index (χ0) is 18.0. The molecule has 0 spiro atoms. The van der Waals surface area contributed by atoms with Crippen LogP contribution in [0.1, 0.15) is 15.9 Å². The lowest BCUT2D eigenvalue weighted by Crippen LogP contribution is -2.16. The van der Waals surface area contributed by atoms with Crippen molar-refractivity contribution in [1.82, 2.24) is 4.57 Å². The third-order valence-corrected chi connectivity index (χ3v) is 4.72. The fourth-order valence-electron chi connectivity index (χ4n) is 2.53. The molecule has 0 atom stereocenters. The molecule has 0 saturated heterocycles. The molecule has 3 aromatic rings. The molecule has 3 rings (SSSR count). The van der Waals surface area contributed by atoms with E-state index in [-0.39, 0.29) is 11.3 Å². The van der Waals surface area contributed by atoms with Crippen LogP contribution in [0.5, 0.6) is 0 Å². The second-order valence-corrected chi connectivity index (χ2v) is 6.46. The van der Waals surface area contributed by atoms with E-state index >= 15 is 0 Å². The molecule has 0 fully saturated rings. The Kier molecular flexibility index (Phi) is 4.58. The van der Waals surface area contributed by atoms with Crippen molar-refractivity contribution in [3.8, 4) is 0 Å². The maximum Gasteiger partial charge on any atom is 0.286 e. The van der Waals surface area contributed by atoms with Gasteiger partial charge in [-0.2, -0.15) is 4.99 Å². The van der Waals surface area contributed by atoms with Gasteiger partial charge in [-0.05, 0) is 30.7 Å². The lowest BCUT2D eigenvalue weighted by atomic mass is 10.2. The molecule has 0 aliphatic heterocycles. The summed E-state index contributed by atoms with van der Waals surface area (Å²) in [6.07, 6.45) is 1.72. The summed E-state index contributed by atoms with van der Waals surface area (Å²) in [5, 5.41) is 11.1. The summed E-state index contributed by atoms with van der Waals surface area (Å²) in [6, 6.07) is 11.8. The number of nitro benzene ring substituents is 1. The monoisotopic (exact) mass is 353 g/mol. The molecule has 0 bridgehead atoms. The van der Waals surface area contributed by atoms with Crippen molar-refractivity contribution < 1.29 is 9.72 Å². The Morgan fingerprint density at radius 3 is 2.84 bits per heavy atom. The highest BCUT2D eigenvalue weighted by molar-refractivity contribution is 7.16. The molecule has 0 saturated carbocycles. The molecule has 7 heteroatoms. The van der Waals surface area contributed by atoms with E-state index in [1.165, 1.54) is 29.5 Å². The summed E-state index contributed by atoms with van der Waals surface area (Å²) >= 11 is 1.37. The van der Waals surface area contributed by atoms with E-state index in [4.69, 9.17) is 0 Å². The summed E-state index contributed by atoms with van der Waals surface area (Å²) in [5.41, 5.74) is 1.79. The third-order valence-electron chi connectivity index (χ3n) is 3.68. The number of hydrogen-bond donors (Lipinski definition) is 0. The Bertz CT molecular complexity index is 1060. The topological polar surface area (TPSA) is 77.5 Å². The van der Waals surface area contributed by atoms with Gasteiger partial charge in [0.25, 0.3) is 11.6 Å². The average Bonchev–Trinajstić information content (AvgIpc) is 2.91. The van der Waals surface area contributed by atoms with Gasteiger partial charge in [-0.15, -0.1) is 6.58 Å². The van der Waals surface area contributed by atoms with Crippen molar-refractivity contribution in [3.63, 3.8) is 0 Å². The van der Waals surface area contributed by atoms with Gasteiger partial charge in [0.05, 0.1) is 15.1 Å². The van der Waals surface area contributed by atoms with Crippen LogP contribution in [0.25, 0.3) is 10.2 Å². The number of fused-ring (bicyclic) bond motifs is 1. The Labute approximate surface area is 147 Å². The third kappa shape index (κ3) is 3.27. The number of hydrogen-bond acceptors (Lipinski definition) is 4. The first kappa shape index (κ1) is 16.8. The number of benzene rings is 2. The summed E-state index contributed by atoms with van der Waals surface area (Å²) in [6.45, 7) is 6.23. The first-order valence-electron chi connectivity index (χ1n) is 7.54. The Morgan fingerprint density at radius 1 is 1.36 bits per heavy atom. The van der Waals surface area contributed by atoms with Gasteiger partial charge in [-0.25, -0.2) is 0 Å². The molecule has 2 aromatic carbocycles. The molecule has 1 heterocycles. The van der Waals surface area contributed by atoms with Crippen molar-refractivity contribution in [2.75, 3.05) is 0 Å². The van der Waals surface area contributed by atoms with Crippen molar-refractivity contribution in [3.05, 3.63) is 81.2 Å². The number of amides is 1. The number of thiazole rings is 1. The Morgan fingerprint density at radius 2 is 2.12 bits per heavy atom. The van der Waals surface area contributed by atoms with Crippen LogP contribution in [0.15, 0.2) is 60.1 Å². The number of carbonyl (C=O) groups is 1. The van der Waals surface area contributed by atoms with Gasteiger partial charge < -0.3 is 4.57 Å². The van der Waals surface area contributed by atoms with Gasteiger partial charge in [-0.1, -0.05) is 35.6 Å². The van der Waals surface area contributed by atoms with Crippen LogP contribution in [0.4, 0.5) is 5.69 Å². The van der Waals surface area contributed by atoms with Crippen LogP contribution < -0.4 is 4.80 Å². The average molecular weight is 353 g/mol. The van der Waals surface area contributed by atoms with E-state index < -0.39 is 10.8 Å². The predicted molar refractivity (Wildman–Crippen MR) is 97.7 cm³/mol. The summed E-state index contributed by atoms with van der Waals surface area (Å²) in [7, 11) is 0. The molecular weight excluding hydrogens is 338 g/mol. The van der Waals surface area contributed by atoms with Gasteiger partial charge in [0.2, 0.25) is 0 Å². The van der Waals surface area contributed by atoms with Crippen LogP contribution in [-0.2, 0) is 6.54 Å². The molecule has 0 radical (unpaired) electrons. The van der Waals surface area contributed by atoms with Gasteiger partial charge in [0.15, 0.2) is 4.80 Å². The first-order valence-corrected chi connectivity index (χ1v) is 8.36. The molecule has 1 amide bonds. The standard InChI is InChI=1S/C18H15N3O3S/c1-3-10-20-15-9-8-12(2)11-16(15)25-18(20)19-17(22)13-6-4-5-7-14(13)21(23)24/h3-9,11H,1,10H2,2H3. The number of nitro groups is 1. The molecule has 126 valence electrons. The molecule has 0 unspecified atom stereocenters. The lowest BCUT2D eigenvalue weighted by Gasteiger charge is -2.01. The molecule has 0 aliphatic rings. The number of nitrogens with zero attached hydrogens (tertiary/aromatic N) is 3. The first-order chi connectivity index (χ1) is 12.0. The molecule has 0 aliphatic carbocycles. The van der Waals surface area contributed by atoms with Crippen LogP contribution in [0, 0.1) is 17.0 Å². The number of carbonyl (C=O) groups excluding carboxylic acids is 1. The fourth-order valence-corrected chi connectivity index (χ4v) is 3.67. The van der Waals surface area contributed by atoms with E-state index in [0.29, 0.717) is 11.3 Å². The smallest absolute Gasteiger partial charge is 0.286 e. The molecule has 0 N–H and O–H groups in total. The van der Waals surface area contributed by atoms with E-state index in [1.54, 1.807) is 12.1 Å². The highest BCUT2D eigenvalue weighted by Crippen LogP contribution is 2.21. The van der Waals surface area contributed by atoms with Gasteiger partial charge >= 0.3 is 0 Å². The number of rotatable bonds is 4. The number of aryl methyl sites for hydroxylation is 1. The van der Waals surface area contributed by atoms with Gasteiger partial charge in [-0.3, -0.25) is 14.9 Å². The maximum absolute atomic E-state index is 12.5. The molecule has 6 nitrogen and oxygen atoms in total. The minimum atomic E-state index is -0.631. The van der Waals surface area contributed by atoms with Crippen molar-refractivity contribution in [2.45, 2.75) is 13.5 Å². The highest BCUT2D eigenvalue weighted by atomic mass is 32.1. The predicted octanol–water partition coefficient (Wildman–Crippen LogP) is 3.85. The van der Waals surface area contributed by atoms with E-state index in [0.717, 1.165) is 15.8 Å². The Hall–Kier alpha value is -3.06. The molecular formula is C18H15N3O3S. The summed E-state index contributed by atoms with van der Waals surface area (Å²) < 4.78 is 2.87. The van der Waals surface area contributed by atoms with Crippen molar-refractivity contribution in [2.24, 2.45) is 4.99 Å². The van der Waals surface area contributed by atoms with Crippen molar-refractivity contribution >= 4 is 33.1 Å². The normalized spacial score (nSPS) is 11.6. The van der Waals surface area contributed by atoms with Crippen molar-refractivity contribution in [1.29, 1.82) is 0 Å². The van der Waals surface area contributed by atoms with Crippen LogP contribution in [0.3, 0.4) is 0 Å². The SMILES string of the molecule is C=CCn1c(=NC(=O)c2ccccc2[N+](=O)[O-])sc2cc(C)ccc21. The number of allylic oxidation sites excluding steroid dienone is 1. The van der Waals surface area contributed by atoms with E-state index in [1.807, 2.05) is 29.7 Å². The lowest BCUT2D eigenvalue weighted by molar-refractivity contribution is -0.385. The maximum atomic E-state index is 12.5. The van der Waals surface area contributed by atoms with E-state index in [9.17, 15) is 14.9 Å². The second kappa shape index (κ2) is 6.82. The molecule has 1 aromatic heterocycles. The number of para-hydroxylation sites is 1. The highest BCUT2D eigenvalue weighted by Gasteiger charge is 2.19. The van der Waals surface area contributed by atoms with Crippen LogP contribution >= 0.6 is 11.3 Å². The fraction of sp³-hybridized carbons (Fsp3) is 0.111. The minimum Gasteiger partial charge on any atom is -0.312 e. The summed E-state index contributed by atoms with van der Waals surface area (Å²) in [4.78, 5) is 27.7. The Balaban J connectivity index is 2.18. The number of aromatic nitrogens is 1. The zero-order valence-electron chi connectivity index (χ0n) is 13.5. The van der Waals surface area contributed by atoms with Crippen LogP contribution in [0.2, 0.25) is 0 Å². The van der Waals surface area contributed by atoms with Gasteiger partial charge in [0.1, 0.15) is 5.56 Å². The summed E-state index contributed by atoms with van der Waals surface area (Å²) in [5.74, 6) is -0.631. The minimum absolute atomic E-state index is 0.0220. The van der Waals surface area contributed by atoms with E-state index in [2.05, 4.69) is 11.6 Å². The second-order valence-electron chi connectivity index (χ2n) is 5.45.